The Labute approximate surface area is 127 Å². The van der Waals surface area contributed by atoms with Gasteiger partial charge in [-0.05, 0) is 25.7 Å². The lowest BCUT2D eigenvalue weighted by Gasteiger charge is -2.34. The highest BCUT2D eigenvalue weighted by Crippen LogP contribution is 2.34. The van der Waals surface area contributed by atoms with Crippen LogP contribution in [-0.4, -0.2) is 40.1 Å². The van der Waals surface area contributed by atoms with Crippen molar-refractivity contribution in [1.82, 2.24) is 0 Å². The number of halogens is 1. The summed E-state index contributed by atoms with van der Waals surface area (Å²) in [5.74, 6) is 0.00640. The van der Waals surface area contributed by atoms with Crippen LogP contribution in [0, 0.1) is 5.41 Å². The molecule has 1 aliphatic rings. The van der Waals surface area contributed by atoms with Crippen molar-refractivity contribution in [2.75, 3.05) is 25.6 Å². The van der Waals surface area contributed by atoms with Crippen molar-refractivity contribution in [1.29, 1.82) is 0 Å². The molecule has 6 heteroatoms. The first-order valence-electron chi connectivity index (χ1n) is 7.52. The molecule has 0 aromatic heterocycles. The van der Waals surface area contributed by atoms with Crippen molar-refractivity contribution in [3.63, 3.8) is 0 Å². The van der Waals surface area contributed by atoms with E-state index >= 15 is 0 Å². The third-order valence-corrected chi connectivity index (χ3v) is 5.12. The van der Waals surface area contributed by atoms with Crippen molar-refractivity contribution in [3.05, 3.63) is 0 Å². The summed E-state index contributed by atoms with van der Waals surface area (Å²) in [6.07, 6.45) is 5.50. The molecule has 0 unspecified atom stereocenters. The SMILES string of the molecule is CCCC(CCC)(COC1CCOCC1)CS(=O)(=O)Cl. The topological polar surface area (TPSA) is 52.6 Å². The van der Waals surface area contributed by atoms with Gasteiger partial charge in [0.1, 0.15) is 0 Å². The fraction of sp³-hybridized carbons (Fsp3) is 1.00. The summed E-state index contributed by atoms with van der Waals surface area (Å²) in [6.45, 7) is 6.07. The average Bonchev–Trinajstić information content (AvgIpc) is 2.36. The number of hydrogen-bond donors (Lipinski definition) is 0. The van der Waals surface area contributed by atoms with E-state index < -0.39 is 9.05 Å². The molecule has 0 amide bonds. The maximum absolute atomic E-state index is 11.5. The molecule has 0 aliphatic carbocycles. The molecular weight excluding hydrogens is 300 g/mol. The van der Waals surface area contributed by atoms with Crippen molar-refractivity contribution in [3.8, 4) is 0 Å². The lowest BCUT2D eigenvalue weighted by atomic mass is 9.82. The number of hydrogen-bond acceptors (Lipinski definition) is 4. The van der Waals surface area contributed by atoms with Crippen LogP contribution >= 0.6 is 10.7 Å². The third kappa shape index (κ3) is 6.74. The molecule has 0 radical (unpaired) electrons. The van der Waals surface area contributed by atoms with Crippen LogP contribution in [-0.2, 0) is 18.5 Å². The van der Waals surface area contributed by atoms with Crippen molar-refractivity contribution >= 4 is 19.7 Å². The highest BCUT2D eigenvalue weighted by atomic mass is 35.7. The Morgan fingerprint density at radius 1 is 1.20 bits per heavy atom. The zero-order chi connectivity index (χ0) is 15.1. The van der Waals surface area contributed by atoms with Gasteiger partial charge in [-0.1, -0.05) is 26.7 Å². The summed E-state index contributed by atoms with van der Waals surface area (Å²) in [4.78, 5) is 0. The van der Waals surface area contributed by atoms with E-state index in [1.807, 2.05) is 0 Å². The molecule has 0 spiro atoms. The van der Waals surface area contributed by atoms with Crippen molar-refractivity contribution in [2.24, 2.45) is 5.41 Å². The van der Waals surface area contributed by atoms with Gasteiger partial charge < -0.3 is 9.47 Å². The first-order valence-corrected chi connectivity index (χ1v) is 10.0. The van der Waals surface area contributed by atoms with Gasteiger partial charge in [0.05, 0.1) is 18.5 Å². The van der Waals surface area contributed by atoms with Crippen molar-refractivity contribution in [2.45, 2.75) is 58.5 Å². The summed E-state index contributed by atoms with van der Waals surface area (Å²) in [5.41, 5.74) is -0.345. The summed E-state index contributed by atoms with van der Waals surface area (Å²) < 4.78 is 34.4. The summed E-state index contributed by atoms with van der Waals surface area (Å²) in [6, 6.07) is 0. The second kappa shape index (κ2) is 8.57. The van der Waals surface area contributed by atoms with Crippen LogP contribution in [0.3, 0.4) is 0 Å². The van der Waals surface area contributed by atoms with Gasteiger partial charge in [-0.3, -0.25) is 0 Å². The first kappa shape index (κ1) is 18.2. The maximum Gasteiger partial charge on any atom is 0.233 e. The molecular formula is C14H27ClO4S. The molecule has 0 aromatic carbocycles. The second-order valence-corrected chi connectivity index (χ2v) is 8.58. The lowest BCUT2D eigenvalue weighted by molar-refractivity contribution is -0.0615. The summed E-state index contributed by atoms with van der Waals surface area (Å²) in [5, 5.41) is 0. The zero-order valence-corrected chi connectivity index (χ0v) is 14.1. The minimum Gasteiger partial charge on any atom is -0.381 e. The molecule has 120 valence electrons. The van der Waals surface area contributed by atoms with E-state index in [2.05, 4.69) is 13.8 Å². The monoisotopic (exact) mass is 326 g/mol. The maximum atomic E-state index is 11.5. The number of rotatable bonds is 9. The molecule has 20 heavy (non-hydrogen) atoms. The van der Waals surface area contributed by atoms with E-state index in [0.717, 1.165) is 51.7 Å². The van der Waals surface area contributed by atoms with Gasteiger partial charge in [-0.15, -0.1) is 0 Å². The number of ether oxygens (including phenoxy) is 2. The van der Waals surface area contributed by atoms with Gasteiger partial charge in [0.15, 0.2) is 0 Å². The van der Waals surface area contributed by atoms with Crippen LogP contribution in [0.25, 0.3) is 0 Å². The third-order valence-electron chi connectivity index (χ3n) is 3.83. The normalized spacial score (nSPS) is 18.4. The van der Waals surface area contributed by atoms with E-state index in [-0.39, 0.29) is 17.3 Å². The van der Waals surface area contributed by atoms with Gasteiger partial charge in [-0.25, -0.2) is 8.42 Å². The highest BCUT2D eigenvalue weighted by molar-refractivity contribution is 8.13. The van der Waals surface area contributed by atoms with Crippen LogP contribution in [0.2, 0.25) is 0 Å². The fourth-order valence-electron chi connectivity index (χ4n) is 3.02. The van der Waals surface area contributed by atoms with Gasteiger partial charge >= 0.3 is 0 Å². The fourth-order valence-corrected chi connectivity index (χ4v) is 4.82. The molecule has 0 saturated carbocycles. The van der Waals surface area contributed by atoms with Crippen molar-refractivity contribution < 1.29 is 17.9 Å². The predicted molar refractivity (Wildman–Crippen MR) is 81.7 cm³/mol. The zero-order valence-electron chi connectivity index (χ0n) is 12.6. The summed E-state index contributed by atoms with van der Waals surface area (Å²) >= 11 is 0. The first-order chi connectivity index (χ1) is 9.41. The molecule has 1 heterocycles. The highest BCUT2D eigenvalue weighted by Gasteiger charge is 2.34. The predicted octanol–water partition coefficient (Wildman–Crippen LogP) is 3.34. The molecule has 1 rings (SSSR count). The Morgan fingerprint density at radius 2 is 1.75 bits per heavy atom. The Balaban J connectivity index is 2.68. The van der Waals surface area contributed by atoms with Gasteiger partial charge in [0.2, 0.25) is 9.05 Å². The van der Waals surface area contributed by atoms with Crippen LogP contribution in [0.1, 0.15) is 52.4 Å². The minimum absolute atomic E-state index is 0.00640. The molecule has 1 aliphatic heterocycles. The standard InChI is InChI=1S/C14H27ClO4S/c1-3-7-14(8-4-2,12-20(15,16)17)11-19-13-5-9-18-10-6-13/h13H,3-12H2,1-2H3. The van der Waals surface area contributed by atoms with E-state index in [1.54, 1.807) is 0 Å². The van der Waals surface area contributed by atoms with Crippen LogP contribution in [0.4, 0.5) is 0 Å². The average molecular weight is 327 g/mol. The molecule has 1 saturated heterocycles. The van der Waals surface area contributed by atoms with Crippen LogP contribution < -0.4 is 0 Å². The van der Waals surface area contributed by atoms with E-state index in [1.165, 1.54) is 0 Å². The van der Waals surface area contributed by atoms with E-state index in [9.17, 15) is 8.42 Å². The van der Waals surface area contributed by atoms with Crippen LogP contribution in [0.5, 0.6) is 0 Å². The molecule has 0 aromatic rings. The lowest BCUT2D eigenvalue weighted by Crippen LogP contribution is -2.36. The quantitative estimate of drug-likeness (QED) is 0.610. The summed E-state index contributed by atoms with van der Waals surface area (Å²) in [7, 11) is 2.00. The second-order valence-electron chi connectivity index (χ2n) is 5.81. The van der Waals surface area contributed by atoms with E-state index in [4.69, 9.17) is 20.2 Å². The largest absolute Gasteiger partial charge is 0.381 e. The molecule has 0 bridgehead atoms. The Kier molecular flexibility index (Phi) is 7.80. The minimum atomic E-state index is -3.51. The molecule has 1 fully saturated rings. The Hall–Kier alpha value is 0.160. The smallest absolute Gasteiger partial charge is 0.233 e. The molecule has 0 N–H and O–H groups in total. The molecule has 0 atom stereocenters. The molecule has 4 nitrogen and oxygen atoms in total. The van der Waals surface area contributed by atoms with E-state index in [0.29, 0.717) is 6.61 Å². The van der Waals surface area contributed by atoms with Gasteiger partial charge in [0.25, 0.3) is 0 Å². The Morgan fingerprint density at radius 3 is 2.20 bits per heavy atom. The van der Waals surface area contributed by atoms with Gasteiger partial charge in [-0.2, -0.15) is 0 Å². The Bertz CT molecular complexity index is 357. The van der Waals surface area contributed by atoms with Gasteiger partial charge in [0, 0.05) is 29.3 Å². The van der Waals surface area contributed by atoms with Crippen LogP contribution in [0.15, 0.2) is 0 Å².